The molecule has 1 N–H and O–H groups in total. The second kappa shape index (κ2) is 7.85. The number of hydrogen-bond donors (Lipinski definition) is 1. The summed E-state index contributed by atoms with van der Waals surface area (Å²) in [6.07, 6.45) is 2.21. The Morgan fingerprint density at radius 2 is 1.57 bits per heavy atom. The van der Waals surface area contributed by atoms with Gasteiger partial charge in [0.15, 0.2) is 5.78 Å². The third kappa shape index (κ3) is 3.31. The molecule has 0 saturated carbocycles. The summed E-state index contributed by atoms with van der Waals surface area (Å²) in [5.41, 5.74) is 4.79. The molecule has 0 aliphatic carbocycles. The maximum absolute atomic E-state index is 13.6. The van der Waals surface area contributed by atoms with E-state index in [9.17, 15) is 4.79 Å². The van der Waals surface area contributed by atoms with Gasteiger partial charge in [0.2, 0.25) is 0 Å². The zero-order chi connectivity index (χ0) is 20.5. The molecule has 0 spiro atoms. The molecule has 0 bridgehead atoms. The summed E-state index contributed by atoms with van der Waals surface area (Å²) in [6.45, 7) is 1.62. The number of nitrogens with zero attached hydrogens (tertiary/aromatic N) is 1. The molecule has 5 rings (SSSR count). The maximum atomic E-state index is 13.6. The van der Waals surface area contributed by atoms with Crippen molar-refractivity contribution in [1.82, 2.24) is 10.2 Å². The van der Waals surface area contributed by atoms with E-state index in [-0.39, 0.29) is 11.7 Å². The summed E-state index contributed by atoms with van der Waals surface area (Å²) in [7, 11) is 0. The van der Waals surface area contributed by atoms with Crippen molar-refractivity contribution in [1.29, 1.82) is 0 Å². The minimum absolute atomic E-state index is 0.0604. The van der Waals surface area contributed by atoms with Crippen LogP contribution in [0, 0.1) is 0 Å². The fourth-order valence-corrected chi connectivity index (χ4v) is 4.37. The molecule has 0 amide bonds. The van der Waals surface area contributed by atoms with Crippen molar-refractivity contribution < 1.29 is 4.79 Å². The quantitative estimate of drug-likeness (QED) is 0.576. The van der Waals surface area contributed by atoms with Gasteiger partial charge in [0.05, 0.1) is 5.57 Å². The molecule has 3 aromatic rings. The number of benzene rings is 3. The van der Waals surface area contributed by atoms with Crippen LogP contribution in [0.15, 0.2) is 102 Å². The molecule has 3 aromatic carbocycles. The summed E-state index contributed by atoms with van der Waals surface area (Å²) in [5.74, 6) is 0.830. The Kier molecular flexibility index (Phi) is 4.89. The van der Waals surface area contributed by atoms with Gasteiger partial charge in [-0.05, 0) is 29.3 Å². The van der Waals surface area contributed by atoms with Gasteiger partial charge in [-0.1, -0.05) is 84.4 Å². The second-order valence-corrected chi connectivity index (χ2v) is 7.92. The largest absolute Gasteiger partial charge is 0.369 e. The van der Waals surface area contributed by atoms with E-state index in [1.807, 2.05) is 72.8 Å². The number of carbonyl (C=O) groups is 1. The predicted molar refractivity (Wildman–Crippen MR) is 121 cm³/mol. The van der Waals surface area contributed by atoms with E-state index in [1.54, 1.807) is 0 Å². The van der Waals surface area contributed by atoms with Gasteiger partial charge in [-0.3, -0.25) is 4.79 Å². The van der Waals surface area contributed by atoms with Crippen molar-refractivity contribution in [3.63, 3.8) is 0 Å². The number of halogens is 1. The lowest BCUT2D eigenvalue weighted by molar-refractivity contribution is 0.102. The van der Waals surface area contributed by atoms with Gasteiger partial charge < -0.3 is 10.2 Å². The highest BCUT2D eigenvalue weighted by atomic mass is 35.5. The van der Waals surface area contributed by atoms with Crippen LogP contribution in [0.2, 0.25) is 5.02 Å². The van der Waals surface area contributed by atoms with Crippen molar-refractivity contribution >= 4 is 23.1 Å². The highest BCUT2D eigenvalue weighted by Crippen LogP contribution is 2.41. The van der Waals surface area contributed by atoms with Crippen LogP contribution in [0.1, 0.15) is 27.4 Å². The standard InChI is InChI=1S/C26H21ClN2O/c27-21-13-11-19(12-14-21)23-17-22(18-7-3-1-4-8-18)24(26-28-15-16-29(23)26)25(30)20-9-5-2-6-10-20/h1-14,17,22,28H,15-16H2. The minimum Gasteiger partial charge on any atom is -0.369 e. The lowest BCUT2D eigenvalue weighted by atomic mass is 9.82. The molecular formula is C26H21ClN2O. The molecule has 2 heterocycles. The average Bonchev–Trinajstić information content (AvgIpc) is 3.29. The Bertz CT molecular complexity index is 1130. The number of carbonyl (C=O) groups excluding carboxylic acids is 1. The van der Waals surface area contributed by atoms with Gasteiger partial charge in [0.1, 0.15) is 5.82 Å². The first-order valence-corrected chi connectivity index (χ1v) is 10.5. The first-order valence-electron chi connectivity index (χ1n) is 10.1. The lowest BCUT2D eigenvalue weighted by Gasteiger charge is -2.33. The van der Waals surface area contributed by atoms with E-state index in [4.69, 9.17) is 11.6 Å². The molecule has 1 saturated heterocycles. The molecule has 2 aliphatic heterocycles. The smallest absolute Gasteiger partial charge is 0.193 e. The fraction of sp³-hybridized carbons (Fsp3) is 0.115. The molecule has 4 heteroatoms. The van der Waals surface area contributed by atoms with Gasteiger partial charge in [0, 0.05) is 35.3 Å². The maximum Gasteiger partial charge on any atom is 0.193 e. The summed E-state index contributed by atoms with van der Waals surface area (Å²) >= 11 is 6.12. The van der Waals surface area contributed by atoms with Crippen LogP contribution in [0.25, 0.3) is 5.70 Å². The summed E-state index contributed by atoms with van der Waals surface area (Å²) < 4.78 is 0. The molecule has 0 radical (unpaired) electrons. The molecule has 1 fully saturated rings. The van der Waals surface area contributed by atoms with Crippen LogP contribution in [-0.2, 0) is 0 Å². The van der Waals surface area contributed by atoms with Crippen LogP contribution in [0.5, 0.6) is 0 Å². The third-order valence-electron chi connectivity index (χ3n) is 5.66. The van der Waals surface area contributed by atoms with Gasteiger partial charge in [0.25, 0.3) is 0 Å². The molecule has 148 valence electrons. The molecule has 1 atom stereocenters. The van der Waals surface area contributed by atoms with E-state index in [0.29, 0.717) is 10.6 Å². The molecule has 0 aromatic heterocycles. The van der Waals surface area contributed by atoms with Crippen molar-refractivity contribution in [2.24, 2.45) is 0 Å². The Morgan fingerprint density at radius 1 is 0.900 bits per heavy atom. The number of allylic oxidation sites excluding steroid dienone is 2. The monoisotopic (exact) mass is 412 g/mol. The summed E-state index contributed by atoms with van der Waals surface area (Å²) in [6, 6.07) is 27.6. The first-order chi connectivity index (χ1) is 14.7. The van der Waals surface area contributed by atoms with Crippen molar-refractivity contribution in [3.8, 4) is 0 Å². The van der Waals surface area contributed by atoms with E-state index in [2.05, 4.69) is 28.4 Å². The van der Waals surface area contributed by atoms with Crippen LogP contribution < -0.4 is 5.32 Å². The van der Waals surface area contributed by atoms with Gasteiger partial charge in [-0.2, -0.15) is 0 Å². The Morgan fingerprint density at radius 3 is 2.27 bits per heavy atom. The SMILES string of the molecule is O=C(C1=C2NCCN2C(c2ccc(Cl)cc2)=CC1c1ccccc1)c1ccccc1. The van der Waals surface area contributed by atoms with E-state index in [0.717, 1.165) is 41.3 Å². The Labute approximate surface area is 181 Å². The Balaban J connectivity index is 1.68. The molecule has 1 unspecified atom stereocenters. The fourth-order valence-electron chi connectivity index (χ4n) is 4.24. The van der Waals surface area contributed by atoms with Crippen molar-refractivity contribution in [3.05, 3.63) is 124 Å². The molecule has 30 heavy (non-hydrogen) atoms. The number of Topliss-reactive ketones (excluding diaryl/α,β-unsaturated/α-hetero) is 1. The van der Waals surface area contributed by atoms with Crippen LogP contribution in [0.4, 0.5) is 0 Å². The van der Waals surface area contributed by atoms with Crippen LogP contribution in [0.3, 0.4) is 0 Å². The number of ketones is 1. The number of nitrogens with one attached hydrogen (secondary N) is 1. The van der Waals surface area contributed by atoms with Crippen LogP contribution in [-0.4, -0.2) is 23.8 Å². The first kappa shape index (κ1) is 18.7. The molecule has 3 nitrogen and oxygen atoms in total. The minimum atomic E-state index is -0.138. The van der Waals surface area contributed by atoms with Gasteiger partial charge in [-0.15, -0.1) is 0 Å². The summed E-state index contributed by atoms with van der Waals surface area (Å²) in [5, 5.41) is 4.20. The van der Waals surface area contributed by atoms with Gasteiger partial charge >= 0.3 is 0 Å². The van der Waals surface area contributed by atoms with Crippen LogP contribution >= 0.6 is 11.6 Å². The van der Waals surface area contributed by atoms with Crippen molar-refractivity contribution in [2.75, 3.05) is 13.1 Å². The average molecular weight is 413 g/mol. The second-order valence-electron chi connectivity index (χ2n) is 7.48. The summed E-state index contributed by atoms with van der Waals surface area (Å²) in [4.78, 5) is 15.9. The lowest BCUT2D eigenvalue weighted by Crippen LogP contribution is -2.30. The number of rotatable bonds is 4. The Hall–Kier alpha value is -3.30. The molecular weight excluding hydrogens is 392 g/mol. The van der Waals surface area contributed by atoms with Gasteiger partial charge in [-0.25, -0.2) is 0 Å². The number of fused-ring (bicyclic) bond motifs is 1. The molecule has 2 aliphatic rings. The van der Waals surface area contributed by atoms with E-state index < -0.39 is 0 Å². The third-order valence-corrected chi connectivity index (χ3v) is 5.91. The van der Waals surface area contributed by atoms with Crippen molar-refractivity contribution in [2.45, 2.75) is 5.92 Å². The highest BCUT2D eigenvalue weighted by Gasteiger charge is 2.36. The topological polar surface area (TPSA) is 32.3 Å². The predicted octanol–water partition coefficient (Wildman–Crippen LogP) is 5.48. The zero-order valence-corrected chi connectivity index (χ0v) is 17.1. The normalized spacial score (nSPS) is 18.0. The van der Waals surface area contributed by atoms with E-state index in [1.165, 1.54) is 0 Å². The van der Waals surface area contributed by atoms with E-state index >= 15 is 0 Å². The zero-order valence-electron chi connectivity index (χ0n) is 16.4. The highest BCUT2D eigenvalue weighted by molar-refractivity contribution is 6.30. The number of hydrogen-bond acceptors (Lipinski definition) is 3.